The SMILES string of the molecule is C[C@@H]1C(=O)O[C@@H]2[C@H](O)[C@]34[C@@H]5OC(=O)[C@]3(O[C@@H]3OC(=O)[C@H](O)[C@]34[C@H](C(C)(C)C)[C@@H]5O)[C@@]12O. The number of carbonyl (C=O) groups excluding carboxylic acids is 3. The van der Waals surface area contributed by atoms with Crippen molar-refractivity contribution in [1.82, 2.24) is 0 Å². The lowest BCUT2D eigenvalue weighted by atomic mass is 9.51. The molecule has 170 valence electrons. The number of carbonyl (C=O) groups is 3. The molecule has 6 rings (SSSR count). The molecule has 0 amide bonds. The van der Waals surface area contributed by atoms with E-state index in [2.05, 4.69) is 0 Å². The van der Waals surface area contributed by atoms with Gasteiger partial charge in [0, 0.05) is 5.92 Å². The average Bonchev–Trinajstić information content (AvgIpc) is 3.35. The normalized spacial score (nSPS) is 61.0. The Labute approximate surface area is 176 Å². The molecule has 31 heavy (non-hydrogen) atoms. The summed E-state index contributed by atoms with van der Waals surface area (Å²) >= 11 is 0. The van der Waals surface area contributed by atoms with Crippen LogP contribution < -0.4 is 0 Å². The Kier molecular flexibility index (Phi) is 3.15. The van der Waals surface area contributed by atoms with Crippen LogP contribution in [-0.4, -0.2) is 86.3 Å². The zero-order valence-electron chi connectivity index (χ0n) is 17.3. The van der Waals surface area contributed by atoms with Gasteiger partial charge in [-0.25, -0.2) is 9.59 Å². The van der Waals surface area contributed by atoms with Crippen molar-refractivity contribution < 1.29 is 53.8 Å². The summed E-state index contributed by atoms with van der Waals surface area (Å²) in [6.07, 6.45) is -9.69. The number of hydrogen-bond acceptors (Lipinski definition) is 11. The summed E-state index contributed by atoms with van der Waals surface area (Å²) in [5.74, 6) is -5.22. The maximum atomic E-state index is 13.4. The zero-order chi connectivity index (χ0) is 22.7. The fraction of sp³-hybridized carbons (Fsp3) is 0.850. The number of esters is 3. The highest BCUT2D eigenvalue weighted by molar-refractivity contribution is 5.94. The van der Waals surface area contributed by atoms with E-state index in [0.29, 0.717) is 0 Å². The second kappa shape index (κ2) is 4.91. The molecular formula is C20H24O11. The molecule has 0 aromatic heterocycles. The van der Waals surface area contributed by atoms with Crippen molar-refractivity contribution in [2.45, 2.75) is 75.7 Å². The highest BCUT2D eigenvalue weighted by atomic mass is 16.8. The molecule has 4 N–H and O–H groups in total. The molecule has 0 aromatic rings. The lowest BCUT2D eigenvalue weighted by Crippen LogP contribution is -2.67. The van der Waals surface area contributed by atoms with Gasteiger partial charge in [0.25, 0.3) is 0 Å². The molecule has 2 aliphatic carbocycles. The fourth-order valence-corrected chi connectivity index (χ4v) is 8.27. The van der Waals surface area contributed by atoms with Crippen LogP contribution in [0.2, 0.25) is 0 Å². The minimum Gasteiger partial charge on any atom is -0.456 e. The quantitative estimate of drug-likeness (QED) is 0.234. The molecule has 6 aliphatic rings. The second-order valence-electron chi connectivity index (χ2n) is 10.8. The Bertz CT molecular complexity index is 957. The van der Waals surface area contributed by atoms with Gasteiger partial charge in [-0.3, -0.25) is 4.79 Å². The Hall–Kier alpha value is -1.79. The third kappa shape index (κ3) is 1.43. The maximum Gasteiger partial charge on any atom is 0.343 e. The predicted octanol–water partition coefficient (Wildman–Crippen LogP) is -2.40. The number of ether oxygens (including phenoxy) is 4. The van der Waals surface area contributed by atoms with E-state index in [1.807, 2.05) is 0 Å². The summed E-state index contributed by atoms with van der Waals surface area (Å²) in [5.41, 5.74) is -9.40. The molecule has 4 saturated heterocycles. The molecule has 4 aliphatic heterocycles. The van der Waals surface area contributed by atoms with E-state index in [0.717, 1.165) is 0 Å². The van der Waals surface area contributed by atoms with E-state index in [1.54, 1.807) is 20.8 Å². The van der Waals surface area contributed by atoms with Gasteiger partial charge < -0.3 is 39.4 Å². The Balaban J connectivity index is 1.75. The third-order valence-electron chi connectivity index (χ3n) is 8.95. The van der Waals surface area contributed by atoms with Crippen molar-refractivity contribution in [3.63, 3.8) is 0 Å². The predicted molar refractivity (Wildman–Crippen MR) is 93.4 cm³/mol. The average molecular weight is 440 g/mol. The van der Waals surface area contributed by atoms with Crippen LogP contribution in [0.15, 0.2) is 0 Å². The molecular weight excluding hydrogens is 416 g/mol. The van der Waals surface area contributed by atoms with E-state index in [4.69, 9.17) is 18.9 Å². The monoisotopic (exact) mass is 440 g/mol. The van der Waals surface area contributed by atoms with Crippen molar-refractivity contribution in [1.29, 1.82) is 0 Å². The standard InChI is InChI=1S/C20H24O11/c1-5-12(24)28-11-8(22)18-10-6(21)7(16(2,3)4)17(18)9(23)13(25)30-15(17)31-20(18,14(26)29-10)19(5,11)27/h5-11,15,21-23,27H,1-4H3/t5-,6+,7+,8+,9+,10-,11-,15+,17-,18-,19-,20-/m1/s1. The van der Waals surface area contributed by atoms with Crippen LogP contribution in [0.4, 0.5) is 0 Å². The third-order valence-corrected chi connectivity index (χ3v) is 8.95. The first-order chi connectivity index (χ1) is 14.3. The number of aliphatic hydroxyl groups is 4. The first-order valence-electron chi connectivity index (χ1n) is 10.3. The maximum absolute atomic E-state index is 13.4. The molecule has 6 fully saturated rings. The van der Waals surface area contributed by atoms with Gasteiger partial charge in [0.05, 0.1) is 22.9 Å². The summed E-state index contributed by atoms with van der Waals surface area (Å²) in [7, 11) is 0. The fourth-order valence-electron chi connectivity index (χ4n) is 8.27. The summed E-state index contributed by atoms with van der Waals surface area (Å²) < 4.78 is 22.2. The Morgan fingerprint density at radius 1 is 0.935 bits per heavy atom. The van der Waals surface area contributed by atoms with Crippen LogP contribution in [0.25, 0.3) is 0 Å². The topological polar surface area (TPSA) is 169 Å². The molecule has 2 saturated carbocycles. The van der Waals surface area contributed by atoms with Crippen LogP contribution in [0.1, 0.15) is 27.7 Å². The molecule has 2 spiro atoms. The van der Waals surface area contributed by atoms with Crippen molar-refractivity contribution in [2.24, 2.45) is 28.1 Å². The molecule has 11 heteroatoms. The number of hydrogen-bond donors (Lipinski definition) is 4. The van der Waals surface area contributed by atoms with E-state index < -0.39 is 94.0 Å². The molecule has 4 heterocycles. The second-order valence-corrected chi connectivity index (χ2v) is 10.8. The van der Waals surface area contributed by atoms with Crippen molar-refractivity contribution in [3.05, 3.63) is 0 Å². The van der Waals surface area contributed by atoms with Gasteiger partial charge in [-0.15, -0.1) is 0 Å². The van der Waals surface area contributed by atoms with Gasteiger partial charge in [-0.2, -0.15) is 0 Å². The van der Waals surface area contributed by atoms with Crippen LogP contribution in [0, 0.1) is 28.1 Å². The first kappa shape index (κ1) is 19.9. The number of fused-ring (bicyclic) bond motifs is 1. The molecule has 0 unspecified atom stereocenters. The summed E-state index contributed by atoms with van der Waals surface area (Å²) in [6, 6.07) is 0. The minimum absolute atomic E-state index is 0.792. The largest absolute Gasteiger partial charge is 0.456 e. The molecule has 0 aromatic carbocycles. The van der Waals surface area contributed by atoms with E-state index in [1.165, 1.54) is 6.92 Å². The van der Waals surface area contributed by atoms with Crippen LogP contribution in [0.5, 0.6) is 0 Å². The van der Waals surface area contributed by atoms with Gasteiger partial charge in [0.2, 0.25) is 11.9 Å². The van der Waals surface area contributed by atoms with Gasteiger partial charge in [-0.05, 0) is 12.3 Å². The van der Waals surface area contributed by atoms with Gasteiger partial charge in [0.1, 0.15) is 12.2 Å². The number of aliphatic hydroxyl groups excluding tert-OH is 3. The smallest absolute Gasteiger partial charge is 0.343 e. The zero-order valence-corrected chi connectivity index (χ0v) is 17.3. The van der Waals surface area contributed by atoms with E-state index in [9.17, 15) is 34.8 Å². The van der Waals surface area contributed by atoms with E-state index in [-0.39, 0.29) is 0 Å². The lowest BCUT2D eigenvalue weighted by Gasteiger charge is -2.47. The summed E-state index contributed by atoms with van der Waals surface area (Å²) in [6.45, 7) is 6.63. The van der Waals surface area contributed by atoms with Gasteiger partial charge >= 0.3 is 17.9 Å². The first-order valence-corrected chi connectivity index (χ1v) is 10.3. The van der Waals surface area contributed by atoms with Gasteiger partial charge in [-0.1, -0.05) is 20.8 Å². The van der Waals surface area contributed by atoms with Crippen LogP contribution >= 0.6 is 0 Å². The van der Waals surface area contributed by atoms with Gasteiger partial charge in [0.15, 0.2) is 17.8 Å². The molecule has 12 atom stereocenters. The summed E-state index contributed by atoms with van der Waals surface area (Å²) in [5, 5.41) is 46.1. The molecule has 0 radical (unpaired) electrons. The highest BCUT2D eigenvalue weighted by Crippen LogP contribution is 2.84. The Morgan fingerprint density at radius 2 is 1.58 bits per heavy atom. The van der Waals surface area contributed by atoms with E-state index >= 15 is 0 Å². The van der Waals surface area contributed by atoms with Crippen LogP contribution in [0.3, 0.4) is 0 Å². The van der Waals surface area contributed by atoms with Crippen molar-refractivity contribution >= 4 is 17.9 Å². The lowest BCUT2D eigenvalue weighted by molar-refractivity contribution is -0.240. The molecule has 0 bridgehead atoms. The van der Waals surface area contributed by atoms with Crippen molar-refractivity contribution in [3.8, 4) is 0 Å². The van der Waals surface area contributed by atoms with Crippen LogP contribution in [-0.2, 0) is 33.3 Å². The Morgan fingerprint density at radius 3 is 2.19 bits per heavy atom. The summed E-state index contributed by atoms with van der Waals surface area (Å²) in [4.78, 5) is 38.3. The number of rotatable bonds is 0. The minimum atomic E-state index is -2.40. The van der Waals surface area contributed by atoms with Crippen molar-refractivity contribution in [2.75, 3.05) is 0 Å². The highest BCUT2D eigenvalue weighted by Gasteiger charge is 3.05. The molecule has 11 nitrogen and oxygen atoms in total.